The van der Waals surface area contributed by atoms with E-state index in [-0.39, 0.29) is 0 Å². The molecule has 2 fully saturated rings. The van der Waals surface area contributed by atoms with E-state index < -0.39 is 0 Å². The molecule has 0 bridgehead atoms. The molecule has 2 atom stereocenters. The van der Waals surface area contributed by atoms with Crippen molar-refractivity contribution in [1.29, 1.82) is 0 Å². The highest BCUT2D eigenvalue weighted by atomic mass is 15.2. The molecule has 2 unspecified atom stereocenters. The molecule has 2 rings (SSSR count). The molecule has 1 N–H and O–H groups in total. The van der Waals surface area contributed by atoms with Crippen LogP contribution in [0.3, 0.4) is 0 Å². The first-order valence-corrected chi connectivity index (χ1v) is 7.78. The number of likely N-dealkylation sites (tertiary alicyclic amines) is 1. The van der Waals surface area contributed by atoms with Crippen LogP contribution in [0.4, 0.5) is 0 Å². The second kappa shape index (κ2) is 6.75. The van der Waals surface area contributed by atoms with E-state index in [1.807, 2.05) is 0 Å². The van der Waals surface area contributed by atoms with Crippen molar-refractivity contribution in [3.63, 3.8) is 0 Å². The third kappa shape index (κ3) is 3.69. The highest BCUT2D eigenvalue weighted by molar-refractivity contribution is 4.85. The molecule has 17 heavy (non-hydrogen) atoms. The molecule has 2 heteroatoms. The van der Waals surface area contributed by atoms with Crippen LogP contribution in [0.1, 0.15) is 58.8 Å². The summed E-state index contributed by atoms with van der Waals surface area (Å²) in [5.41, 5.74) is 0. The maximum absolute atomic E-state index is 3.71. The Morgan fingerprint density at radius 3 is 2.65 bits per heavy atom. The summed E-state index contributed by atoms with van der Waals surface area (Å²) in [5.74, 6) is 0.986. The molecular weight excluding hydrogens is 208 g/mol. The molecule has 0 aromatic heterocycles. The van der Waals surface area contributed by atoms with E-state index in [0.29, 0.717) is 0 Å². The summed E-state index contributed by atoms with van der Waals surface area (Å²) in [5, 5.41) is 3.71. The molecule has 2 nitrogen and oxygen atoms in total. The number of hydrogen-bond acceptors (Lipinski definition) is 2. The second-order valence-corrected chi connectivity index (χ2v) is 6.07. The highest BCUT2D eigenvalue weighted by Crippen LogP contribution is 2.31. The molecule has 2 aliphatic rings. The molecule has 1 saturated heterocycles. The topological polar surface area (TPSA) is 15.3 Å². The molecular formula is C15H30N2. The first-order chi connectivity index (χ1) is 8.31. The first-order valence-electron chi connectivity index (χ1n) is 7.78. The largest absolute Gasteiger partial charge is 0.313 e. The molecule has 0 radical (unpaired) electrons. The van der Waals surface area contributed by atoms with E-state index in [4.69, 9.17) is 0 Å². The molecule has 1 heterocycles. The van der Waals surface area contributed by atoms with Gasteiger partial charge in [0.1, 0.15) is 0 Å². The van der Waals surface area contributed by atoms with Crippen LogP contribution in [0.5, 0.6) is 0 Å². The van der Waals surface area contributed by atoms with Crippen molar-refractivity contribution in [3.05, 3.63) is 0 Å². The summed E-state index contributed by atoms with van der Waals surface area (Å²) in [6.45, 7) is 8.54. The fourth-order valence-electron chi connectivity index (χ4n) is 3.63. The van der Waals surface area contributed by atoms with E-state index in [1.165, 1.54) is 64.6 Å². The number of hydrogen-bond donors (Lipinski definition) is 1. The zero-order valence-electron chi connectivity index (χ0n) is 11.8. The van der Waals surface area contributed by atoms with Crippen molar-refractivity contribution in [3.8, 4) is 0 Å². The number of nitrogens with zero attached hydrogens (tertiary/aromatic N) is 1. The molecule has 1 aliphatic heterocycles. The first kappa shape index (κ1) is 13.4. The quantitative estimate of drug-likeness (QED) is 0.792. The summed E-state index contributed by atoms with van der Waals surface area (Å²) in [7, 11) is 0. The molecule has 0 spiro atoms. The Kier molecular flexibility index (Phi) is 5.30. The fourth-order valence-corrected chi connectivity index (χ4v) is 3.63. The van der Waals surface area contributed by atoms with Crippen LogP contribution >= 0.6 is 0 Å². The maximum atomic E-state index is 3.71. The Morgan fingerprint density at radius 2 is 1.94 bits per heavy atom. The summed E-state index contributed by atoms with van der Waals surface area (Å²) in [6, 6.07) is 1.58. The normalized spacial score (nSPS) is 29.6. The average Bonchev–Trinajstić information content (AvgIpc) is 2.89. The van der Waals surface area contributed by atoms with Gasteiger partial charge in [0.15, 0.2) is 0 Å². The lowest BCUT2D eigenvalue weighted by Crippen LogP contribution is -2.50. The summed E-state index contributed by atoms with van der Waals surface area (Å²) < 4.78 is 0. The van der Waals surface area contributed by atoms with Gasteiger partial charge in [-0.05, 0) is 58.0 Å². The third-order valence-corrected chi connectivity index (χ3v) is 4.79. The zero-order chi connectivity index (χ0) is 12.1. The Bertz CT molecular complexity index is 211. The molecule has 0 aromatic rings. The van der Waals surface area contributed by atoms with Crippen molar-refractivity contribution in [1.82, 2.24) is 10.2 Å². The van der Waals surface area contributed by atoms with E-state index >= 15 is 0 Å². The third-order valence-electron chi connectivity index (χ3n) is 4.79. The van der Waals surface area contributed by atoms with Gasteiger partial charge in [0.05, 0.1) is 0 Å². The predicted molar refractivity (Wildman–Crippen MR) is 74.3 cm³/mol. The Balaban J connectivity index is 1.79. The van der Waals surface area contributed by atoms with Gasteiger partial charge in [-0.15, -0.1) is 0 Å². The predicted octanol–water partition coefficient (Wildman–Crippen LogP) is 3.03. The van der Waals surface area contributed by atoms with E-state index in [0.717, 1.165) is 18.0 Å². The minimum atomic E-state index is 0.757. The Morgan fingerprint density at radius 1 is 1.18 bits per heavy atom. The van der Waals surface area contributed by atoms with Gasteiger partial charge >= 0.3 is 0 Å². The zero-order valence-corrected chi connectivity index (χ0v) is 11.8. The van der Waals surface area contributed by atoms with Gasteiger partial charge in [-0.25, -0.2) is 0 Å². The van der Waals surface area contributed by atoms with Crippen LogP contribution in [0.15, 0.2) is 0 Å². The van der Waals surface area contributed by atoms with Crippen LogP contribution in [0.2, 0.25) is 0 Å². The lowest BCUT2D eigenvalue weighted by Gasteiger charge is -2.39. The standard InChI is InChI=1S/C15H30N2/c1-3-10-16-15-9-6-11-17(12-15)13(2)14-7-4-5-8-14/h13-16H,3-12H2,1-2H3. The maximum Gasteiger partial charge on any atom is 0.0195 e. The lowest BCUT2D eigenvalue weighted by molar-refractivity contribution is 0.109. The average molecular weight is 238 g/mol. The van der Waals surface area contributed by atoms with Crippen LogP contribution < -0.4 is 5.32 Å². The number of nitrogens with one attached hydrogen (secondary N) is 1. The smallest absolute Gasteiger partial charge is 0.0195 e. The van der Waals surface area contributed by atoms with Crippen molar-refractivity contribution < 1.29 is 0 Å². The van der Waals surface area contributed by atoms with Gasteiger partial charge in [0.2, 0.25) is 0 Å². The second-order valence-electron chi connectivity index (χ2n) is 6.07. The van der Waals surface area contributed by atoms with Crippen molar-refractivity contribution >= 4 is 0 Å². The van der Waals surface area contributed by atoms with Crippen LogP contribution in [0, 0.1) is 5.92 Å². The monoisotopic (exact) mass is 238 g/mol. The number of rotatable bonds is 5. The van der Waals surface area contributed by atoms with Crippen LogP contribution in [-0.4, -0.2) is 36.6 Å². The van der Waals surface area contributed by atoms with Crippen molar-refractivity contribution in [2.75, 3.05) is 19.6 Å². The minimum absolute atomic E-state index is 0.757. The Labute approximate surface area is 107 Å². The van der Waals surface area contributed by atoms with Gasteiger partial charge in [0, 0.05) is 18.6 Å². The van der Waals surface area contributed by atoms with E-state index in [9.17, 15) is 0 Å². The van der Waals surface area contributed by atoms with Crippen molar-refractivity contribution in [2.24, 2.45) is 5.92 Å². The van der Waals surface area contributed by atoms with Crippen LogP contribution in [-0.2, 0) is 0 Å². The molecule has 0 aromatic carbocycles. The fraction of sp³-hybridized carbons (Fsp3) is 1.00. The highest BCUT2D eigenvalue weighted by Gasteiger charge is 2.29. The van der Waals surface area contributed by atoms with Gasteiger partial charge in [-0.3, -0.25) is 4.90 Å². The summed E-state index contributed by atoms with van der Waals surface area (Å²) in [6.07, 6.45) is 9.93. The SMILES string of the molecule is CCCNC1CCCN(C(C)C2CCCC2)C1. The van der Waals surface area contributed by atoms with Crippen molar-refractivity contribution in [2.45, 2.75) is 70.9 Å². The van der Waals surface area contributed by atoms with E-state index in [2.05, 4.69) is 24.1 Å². The van der Waals surface area contributed by atoms with Gasteiger partial charge in [-0.1, -0.05) is 19.8 Å². The van der Waals surface area contributed by atoms with Gasteiger partial charge < -0.3 is 5.32 Å². The summed E-state index contributed by atoms with van der Waals surface area (Å²) >= 11 is 0. The molecule has 100 valence electrons. The molecule has 1 saturated carbocycles. The van der Waals surface area contributed by atoms with Gasteiger partial charge in [0.25, 0.3) is 0 Å². The molecule has 0 amide bonds. The summed E-state index contributed by atoms with van der Waals surface area (Å²) in [4.78, 5) is 2.76. The lowest BCUT2D eigenvalue weighted by atomic mass is 9.95. The number of piperidine rings is 1. The molecule has 1 aliphatic carbocycles. The minimum Gasteiger partial charge on any atom is -0.313 e. The van der Waals surface area contributed by atoms with E-state index in [1.54, 1.807) is 0 Å². The van der Waals surface area contributed by atoms with Gasteiger partial charge in [-0.2, -0.15) is 0 Å². The van der Waals surface area contributed by atoms with Crippen LogP contribution in [0.25, 0.3) is 0 Å². The Hall–Kier alpha value is -0.0800.